The van der Waals surface area contributed by atoms with Gasteiger partial charge in [-0.1, -0.05) is 36.4 Å². The van der Waals surface area contributed by atoms with Crippen molar-refractivity contribution in [1.29, 1.82) is 0 Å². The van der Waals surface area contributed by atoms with Gasteiger partial charge in [0.1, 0.15) is 6.61 Å². The molecule has 2 N–H and O–H groups in total. The maximum absolute atomic E-state index is 11.3. The van der Waals surface area contributed by atoms with Crippen LogP contribution in [0.15, 0.2) is 66.9 Å². The smallest absolute Gasteiger partial charge is 0.356 e. The molecule has 1 atom stereocenters. The first-order valence-corrected chi connectivity index (χ1v) is 11.0. The van der Waals surface area contributed by atoms with Crippen molar-refractivity contribution in [3.8, 4) is 11.5 Å². The average Bonchev–Trinajstić information content (AvgIpc) is 3.28. The SMILES string of the molecule is COc1cc2c(cc1OCc1ccccc1)CCNC2/C=C/c1cnc2ccc(C(=O)O)nn12. The maximum Gasteiger partial charge on any atom is 0.356 e. The second-order valence-corrected chi connectivity index (χ2v) is 7.99. The fraction of sp³-hybridized carbons (Fsp3) is 0.192. The number of benzene rings is 2. The fourth-order valence-corrected chi connectivity index (χ4v) is 4.09. The number of hydrogen-bond donors (Lipinski definition) is 2. The lowest BCUT2D eigenvalue weighted by molar-refractivity contribution is 0.0689. The number of rotatable bonds is 7. The first-order chi connectivity index (χ1) is 16.6. The predicted octanol–water partition coefficient (Wildman–Crippen LogP) is 3.92. The summed E-state index contributed by atoms with van der Waals surface area (Å²) >= 11 is 0. The third-order valence-electron chi connectivity index (χ3n) is 5.82. The highest BCUT2D eigenvalue weighted by atomic mass is 16.5. The van der Waals surface area contributed by atoms with E-state index in [2.05, 4.69) is 21.5 Å². The Morgan fingerprint density at radius 3 is 2.85 bits per heavy atom. The molecule has 8 heteroatoms. The Morgan fingerprint density at radius 1 is 1.21 bits per heavy atom. The van der Waals surface area contributed by atoms with Crippen molar-refractivity contribution in [1.82, 2.24) is 19.9 Å². The van der Waals surface area contributed by atoms with Crippen molar-refractivity contribution in [3.05, 3.63) is 94.9 Å². The van der Waals surface area contributed by atoms with E-state index in [-0.39, 0.29) is 11.7 Å². The first-order valence-electron chi connectivity index (χ1n) is 11.0. The van der Waals surface area contributed by atoms with Crippen molar-refractivity contribution in [2.24, 2.45) is 0 Å². The number of carboxylic acids is 1. The molecular weight excluding hydrogens is 432 g/mol. The number of aromatic carboxylic acids is 1. The van der Waals surface area contributed by atoms with Crippen LogP contribution in [0.5, 0.6) is 11.5 Å². The van der Waals surface area contributed by atoms with Gasteiger partial charge in [-0.2, -0.15) is 5.10 Å². The third-order valence-corrected chi connectivity index (χ3v) is 5.82. The van der Waals surface area contributed by atoms with Crippen molar-refractivity contribution >= 4 is 17.7 Å². The standard InChI is InChI=1S/C26H24N4O4/c1-33-23-14-20-18(13-24(23)34-16-17-5-3-2-4-6-17)11-12-27-21(20)8-7-19-15-28-25-10-9-22(26(31)32)29-30(19)25/h2-10,13-15,21,27H,11-12,16H2,1H3,(H,31,32)/b8-7+. The average molecular weight is 457 g/mol. The zero-order valence-electron chi connectivity index (χ0n) is 18.6. The van der Waals surface area contributed by atoms with E-state index in [1.54, 1.807) is 19.4 Å². The van der Waals surface area contributed by atoms with Gasteiger partial charge < -0.3 is 19.9 Å². The summed E-state index contributed by atoms with van der Waals surface area (Å²) in [7, 11) is 1.64. The molecule has 0 spiro atoms. The summed E-state index contributed by atoms with van der Waals surface area (Å²) in [4.78, 5) is 15.6. The number of carboxylic acid groups (broad SMARTS) is 1. The molecule has 0 fully saturated rings. The highest BCUT2D eigenvalue weighted by Crippen LogP contribution is 2.36. The summed E-state index contributed by atoms with van der Waals surface area (Å²) in [5, 5.41) is 16.9. The van der Waals surface area contributed by atoms with Crippen LogP contribution < -0.4 is 14.8 Å². The van der Waals surface area contributed by atoms with E-state index in [4.69, 9.17) is 9.47 Å². The third kappa shape index (κ3) is 4.35. The maximum atomic E-state index is 11.3. The molecule has 2 aromatic carbocycles. The van der Waals surface area contributed by atoms with E-state index in [0.717, 1.165) is 29.8 Å². The topological polar surface area (TPSA) is 98.0 Å². The highest BCUT2D eigenvalue weighted by molar-refractivity contribution is 5.85. The summed E-state index contributed by atoms with van der Waals surface area (Å²) in [6.07, 6.45) is 6.48. The van der Waals surface area contributed by atoms with Crippen molar-refractivity contribution < 1.29 is 19.4 Å². The van der Waals surface area contributed by atoms with Crippen molar-refractivity contribution in [2.45, 2.75) is 19.1 Å². The van der Waals surface area contributed by atoms with Crippen LogP contribution in [-0.2, 0) is 13.0 Å². The second-order valence-electron chi connectivity index (χ2n) is 7.99. The lowest BCUT2D eigenvalue weighted by Gasteiger charge is -2.26. The van der Waals surface area contributed by atoms with Gasteiger partial charge in [0.25, 0.3) is 0 Å². The zero-order valence-corrected chi connectivity index (χ0v) is 18.6. The number of methoxy groups -OCH3 is 1. The van der Waals surface area contributed by atoms with E-state index < -0.39 is 5.97 Å². The summed E-state index contributed by atoms with van der Waals surface area (Å²) < 4.78 is 13.2. The molecule has 1 unspecified atom stereocenters. The van der Waals surface area contributed by atoms with Crippen molar-refractivity contribution in [2.75, 3.05) is 13.7 Å². The number of carbonyl (C=O) groups is 1. The molecular formula is C26H24N4O4. The lowest BCUT2D eigenvalue weighted by Crippen LogP contribution is -2.28. The number of ether oxygens (including phenoxy) is 2. The number of nitrogens with zero attached hydrogens (tertiary/aromatic N) is 3. The van der Waals surface area contributed by atoms with Gasteiger partial charge in [-0.3, -0.25) is 0 Å². The Labute approximate surface area is 196 Å². The van der Waals surface area contributed by atoms with Gasteiger partial charge in [-0.05, 0) is 53.5 Å². The molecule has 172 valence electrons. The minimum absolute atomic E-state index is 0.0333. The summed E-state index contributed by atoms with van der Waals surface area (Å²) in [6, 6.07) is 17.2. The molecule has 1 aliphatic heterocycles. The lowest BCUT2D eigenvalue weighted by atomic mass is 9.93. The van der Waals surface area contributed by atoms with Gasteiger partial charge in [0, 0.05) is 6.54 Å². The van der Waals surface area contributed by atoms with Crippen molar-refractivity contribution in [3.63, 3.8) is 0 Å². The van der Waals surface area contributed by atoms with Crippen LogP contribution in [0.3, 0.4) is 0 Å². The number of hydrogen-bond acceptors (Lipinski definition) is 6. The number of nitrogens with one attached hydrogen (secondary N) is 1. The van der Waals surface area contributed by atoms with Crippen LogP contribution >= 0.6 is 0 Å². The quantitative estimate of drug-likeness (QED) is 0.435. The Hall–Kier alpha value is -4.17. The van der Waals surface area contributed by atoms with Crippen LogP contribution in [0.25, 0.3) is 11.7 Å². The molecule has 4 aromatic rings. The number of fused-ring (bicyclic) bond motifs is 2. The van der Waals surface area contributed by atoms with E-state index in [9.17, 15) is 9.90 Å². The van der Waals surface area contributed by atoms with Crippen LogP contribution in [0, 0.1) is 0 Å². The molecule has 1 aliphatic rings. The van der Waals surface area contributed by atoms with E-state index in [1.807, 2.05) is 48.6 Å². The van der Waals surface area contributed by atoms with Gasteiger partial charge in [-0.25, -0.2) is 14.3 Å². The van der Waals surface area contributed by atoms with E-state index in [1.165, 1.54) is 16.1 Å². The molecule has 0 aliphatic carbocycles. The van der Waals surface area contributed by atoms with Crippen LogP contribution in [0.4, 0.5) is 0 Å². The molecule has 2 aromatic heterocycles. The molecule has 3 heterocycles. The van der Waals surface area contributed by atoms with Gasteiger partial charge in [0.15, 0.2) is 22.8 Å². The fourth-order valence-electron chi connectivity index (χ4n) is 4.09. The van der Waals surface area contributed by atoms with Crippen LogP contribution in [-0.4, -0.2) is 39.3 Å². The molecule has 5 rings (SSSR count). The molecule has 8 nitrogen and oxygen atoms in total. The van der Waals surface area contributed by atoms with Gasteiger partial charge in [-0.15, -0.1) is 0 Å². The van der Waals surface area contributed by atoms with Gasteiger partial charge >= 0.3 is 5.97 Å². The Kier molecular flexibility index (Phi) is 5.97. The molecule has 0 bridgehead atoms. The first kappa shape index (κ1) is 21.7. The Morgan fingerprint density at radius 2 is 2.06 bits per heavy atom. The monoisotopic (exact) mass is 456 g/mol. The molecule has 0 radical (unpaired) electrons. The largest absolute Gasteiger partial charge is 0.493 e. The summed E-state index contributed by atoms with van der Waals surface area (Å²) in [5.41, 5.74) is 4.65. The van der Waals surface area contributed by atoms with Gasteiger partial charge in [0.2, 0.25) is 0 Å². The molecule has 0 amide bonds. The summed E-state index contributed by atoms with van der Waals surface area (Å²) in [6.45, 7) is 1.29. The van der Waals surface area contributed by atoms with E-state index >= 15 is 0 Å². The molecule has 0 saturated carbocycles. The van der Waals surface area contributed by atoms with Crippen LogP contribution in [0.2, 0.25) is 0 Å². The molecule has 34 heavy (non-hydrogen) atoms. The highest BCUT2D eigenvalue weighted by Gasteiger charge is 2.21. The normalized spacial score (nSPS) is 15.4. The Bertz CT molecular complexity index is 1360. The second kappa shape index (κ2) is 9.36. The van der Waals surface area contributed by atoms with E-state index in [0.29, 0.717) is 23.7 Å². The number of imidazole rings is 1. The Balaban J connectivity index is 1.41. The predicted molar refractivity (Wildman–Crippen MR) is 127 cm³/mol. The van der Waals surface area contributed by atoms with Gasteiger partial charge in [0.05, 0.1) is 25.0 Å². The minimum atomic E-state index is -1.08. The minimum Gasteiger partial charge on any atom is -0.493 e. The number of aromatic nitrogens is 3. The van der Waals surface area contributed by atoms with Crippen LogP contribution in [0.1, 0.15) is 38.9 Å². The molecule has 0 saturated heterocycles. The summed E-state index contributed by atoms with van der Waals surface area (Å²) in [5.74, 6) is 0.326. The zero-order chi connectivity index (χ0) is 23.5.